The molecule has 1 amide bonds. The number of carbonyl (C=O) groups excluding carboxylic acids is 1. The fourth-order valence-electron chi connectivity index (χ4n) is 2.41. The lowest BCUT2D eigenvalue weighted by atomic mass is 9.84. The van der Waals surface area contributed by atoms with Crippen molar-refractivity contribution in [2.24, 2.45) is 18.7 Å². The van der Waals surface area contributed by atoms with Crippen LogP contribution < -0.4 is 11.1 Å². The van der Waals surface area contributed by atoms with Crippen molar-refractivity contribution in [2.75, 3.05) is 6.54 Å². The van der Waals surface area contributed by atoms with E-state index in [2.05, 4.69) is 15.4 Å². The lowest BCUT2D eigenvalue weighted by Gasteiger charge is -2.27. The van der Waals surface area contributed by atoms with E-state index in [1.807, 2.05) is 7.05 Å². The number of amides is 1. The monoisotopic (exact) mass is 251 g/mol. The van der Waals surface area contributed by atoms with Gasteiger partial charge in [-0.1, -0.05) is 12.8 Å². The van der Waals surface area contributed by atoms with Crippen molar-refractivity contribution in [3.8, 4) is 0 Å². The van der Waals surface area contributed by atoms with E-state index in [0.717, 1.165) is 31.5 Å². The molecular weight excluding hydrogens is 230 g/mol. The molecule has 1 aromatic rings. The van der Waals surface area contributed by atoms with Gasteiger partial charge in [-0.05, 0) is 12.8 Å². The molecule has 6 heteroatoms. The number of nitrogens with two attached hydrogens (primary N) is 1. The molecule has 1 fully saturated rings. The molecule has 6 nitrogen and oxygen atoms in total. The van der Waals surface area contributed by atoms with E-state index < -0.39 is 0 Å². The highest BCUT2D eigenvalue weighted by molar-refractivity contribution is 5.79. The predicted octanol–water partition coefficient (Wildman–Crippen LogP) is -0.00870. The fourth-order valence-corrected chi connectivity index (χ4v) is 2.41. The van der Waals surface area contributed by atoms with Gasteiger partial charge in [0, 0.05) is 26.1 Å². The molecular formula is C12H21N5O. The minimum absolute atomic E-state index is 0.0181. The predicted molar refractivity (Wildman–Crippen MR) is 67.7 cm³/mol. The molecule has 1 aliphatic rings. The van der Waals surface area contributed by atoms with Crippen LogP contribution >= 0.6 is 0 Å². The average Bonchev–Trinajstić information content (AvgIpc) is 2.75. The molecule has 0 radical (unpaired) electrons. The highest BCUT2D eigenvalue weighted by atomic mass is 16.1. The van der Waals surface area contributed by atoms with Gasteiger partial charge in [-0.15, -0.1) is 0 Å². The number of rotatable bonds is 4. The highest BCUT2D eigenvalue weighted by Crippen LogP contribution is 2.22. The number of nitrogens with one attached hydrogen (secondary N) is 1. The third-order valence-electron chi connectivity index (χ3n) is 3.45. The summed E-state index contributed by atoms with van der Waals surface area (Å²) < 4.78 is 1.66. The standard InChI is InChI=1S/C12H21N5O/c1-17-8-15-11(16-17)6-7-14-12(18)9-4-2-3-5-10(9)13/h8-10H,2-7,13H2,1H3,(H,14,18). The quantitative estimate of drug-likeness (QED) is 0.788. The molecule has 0 saturated heterocycles. The number of nitrogens with zero attached hydrogens (tertiary/aromatic N) is 3. The van der Waals surface area contributed by atoms with E-state index >= 15 is 0 Å². The lowest BCUT2D eigenvalue weighted by Crippen LogP contribution is -2.44. The van der Waals surface area contributed by atoms with Crippen molar-refractivity contribution in [3.63, 3.8) is 0 Å². The highest BCUT2D eigenvalue weighted by Gasteiger charge is 2.27. The first-order chi connectivity index (χ1) is 8.66. The van der Waals surface area contributed by atoms with Crippen molar-refractivity contribution >= 4 is 5.91 Å². The van der Waals surface area contributed by atoms with Gasteiger partial charge in [-0.25, -0.2) is 4.98 Å². The fraction of sp³-hybridized carbons (Fsp3) is 0.750. The van der Waals surface area contributed by atoms with Gasteiger partial charge >= 0.3 is 0 Å². The van der Waals surface area contributed by atoms with Gasteiger partial charge in [0.15, 0.2) is 5.82 Å². The third-order valence-corrected chi connectivity index (χ3v) is 3.45. The largest absolute Gasteiger partial charge is 0.355 e. The molecule has 0 bridgehead atoms. The van der Waals surface area contributed by atoms with Crippen LogP contribution in [0.3, 0.4) is 0 Å². The lowest BCUT2D eigenvalue weighted by molar-refractivity contribution is -0.126. The molecule has 1 aliphatic carbocycles. The second-order valence-electron chi connectivity index (χ2n) is 4.93. The average molecular weight is 251 g/mol. The minimum atomic E-state index is -0.0181. The molecule has 1 aromatic heterocycles. The van der Waals surface area contributed by atoms with Gasteiger partial charge in [0.1, 0.15) is 6.33 Å². The summed E-state index contributed by atoms with van der Waals surface area (Å²) in [5, 5.41) is 7.10. The summed E-state index contributed by atoms with van der Waals surface area (Å²) in [6, 6.07) is 0.0201. The number of hydrogen-bond donors (Lipinski definition) is 2. The van der Waals surface area contributed by atoms with E-state index in [4.69, 9.17) is 5.73 Å². The van der Waals surface area contributed by atoms with Crippen LogP contribution in [0.15, 0.2) is 6.33 Å². The van der Waals surface area contributed by atoms with Gasteiger partial charge < -0.3 is 11.1 Å². The second-order valence-corrected chi connectivity index (χ2v) is 4.93. The zero-order chi connectivity index (χ0) is 13.0. The maximum Gasteiger partial charge on any atom is 0.224 e. The maximum atomic E-state index is 12.0. The zero-order valence-electron chi connectivity index (χ0n) is 10.8. The van der Waals surface area contributed by atoms with Crippen LogP contribution in [0.5, 0.6) is 0 Å². The maximum absolute atomic E-state index is 12.0. The third kappa shape index (κ3) is 3.29. The van der Waals surface area contributed by atoms with Gasteiger partial charge in [0.05, 0.1) is 5.92 Å². The van der Waals surface area contributed by atoms with Gasteiger partial charge in [0.25, 0.3) is 0 Å². The topological polar surface area (TPSA) is 85.8 Å². The molecule has 18 heavy (non-hydrogen) atoms. The Labute approximate surface area is 107 Å². The number of aryl methyl sites for hydroxylation is 1. The molecule has 2 unspecified atom stereocenters. The van der Waals surface area contributed by atoms with Crippen molar-refractivity contribution in [1.29, 1.82) is 0 Å². The Balaban J connectivity index is 1.74. The normalized spacial score (nSPS) is 23.9. The van der Waals surface area contributed by atoms with E-state index in [9.17, 15) is 4.79 Å². The van der Waals surface area contributed by atoms with Crippen LogP contribution in [0.2, 0.25) is 0 Å². The zero-order valence-corrected chi connectivity index (χ0v) is 10.8. The van der Waals surface area contributed by atoms with E-state index in [0.29, 0.717) is 13.0 Å². The number of aromatic nitrogens is 3. The number of carbonyl (C=O) groups is 1. The first-order valence-electron chi connectivity index (χ1n) is 6.54. The summed E-state index contributed by atoms with van der Waals surface area (Å²) in [5.41, 5.74) is 5.98. The minimum Gasteiger partial charge on any atom is -0.355 e. The molecule has 0 aromatic carbocycles. The van der Waals surface area contributed by atoms with Crippen LogP contribution in [-0.2, 0) is 18.3 Å². The Morgan fingerprint density at radius 2 is 2.33 bits per heavy atom. The Morgan fingerprint density at radius 1 is 1.56 bits per heavy atom. The van der Waals surface area contributed by atoms with Crippen molar-refractivity contribution < 1.29 is 4.79 Å². The van der Waals surface area contributed by atoms with Gasteiger partial charge in [-0.3, -0.25) is 9.48 Å². The Morgan fingerprint density at radius 3 is 3.00 bits per heavy atom. The molecule has 3 N–H and O–H groups in total. The number of hydrogen-bond acceptors (Lipinski definition) is 4. The summed E-state index contributed by atoms with van der Waals surface area (Å²) in [4.78, 5) is 16.1. The molecule has 2 atom stereocenters. The summed E-state index contributed by atoms with van der Waals surface area (Å²) in [7, 11) is 1.83. The van der Waals surface area contributed by atoms with Crippen molar-refractivity contribution in [2.45, 2.75) is 38.1 Å². The molecule has 2 rings (SSSR count). The van der Waals surface area contributed by atoms with E-state index in [-0.39, 0.29) is 17.9 Å². The summed E-state index contributed by atoms with van der Waals surface area (Å²) in [6.45, 7) is 0.575. The Hall–Kier alpha value is -1.43. The van der Waals surface area contributed by atoms with Gasteiger partial charge in [-0.2, -0.15) is 5.10 Å². The summed E-state index contributed by atoms with van der Waals surface area (Å²) in [6.07, 6.45) is 6.44. The van der Waals surface area contributed by atoms with Crippen LogP contribution in [0.25, 0.3) is 0 Å². The van der Waals surface area contributed by atoms with E-state index in [1.165, 1.54) is 0 Å². The Bertz CT molecular complexity index is 403. The van der Waals surface area contributed by atoms with Crippen LogP contribution in [0.4, 0.5) is 0 Å². The van der Waals surface area contributed by atoms with Crippen LogP contribution in [-0.4, -0.2) is 33.3 Å². The van der Waals surface area contributed by atoms with Gasteiger partial charge in [0.2, 0.25) is 5.91 Å². The Kier molecular flexibility index (Phi) is 4.30. The summed E-state index contributed by atoms with van der Waals surface area (Å²) >= 11 is 0. The summed E-state index contributed by atoms with van der Waals surface area (Å²) in [5.74, 6) is 0.819. The molecule has 1 saturated carbocycles. The van der Waals surface area contributed by atoms with Crippen molar-refractivity contribution in [3.05, 3.63) is 12.2 Å². The SMILES string of the molecule is Cn1cnc(CCNC(=O)C2CCCCC2N)n1. The molecule has 100 valence electrons. The van der Waals surface area contributed by atoms with Crippen LogP contribution in [0.1, 0.15) is 31.5 Å². The van der Waals surface area contributed by atoms with E-state index in [1.54, 1.807) is 11.0 Å². The molecule has 1 heterocycles. The molecule has 0 spiro atoms. The first-order valence-corrected chi connectivity index (χ1v) is 6.54. The molecule has 0 aliphatic heterocycles. The smallest absolute Gasteiger partial charge is 0.224 e. The second kappa shape index (κ2) is 5.95. The van der Waals surface area contributed by atoms with Crippen LogP contribution in [0, 0.1) is 5.92 Å². The van der Waals surface area contributed by atoms with Crippen molar-refractivity contribution in [1.82, 2.24) is 20.1 Å². The first kappa shape index (κ1) is 13.0.